The summed E-state index contributed by atoms with van der Waals surface area (Å²) >= 11 is 0. The minimum Gasteiger partial charge on any atom is -0.375 e. The van der Waals surface area contributed by atoms with E-state index in [9.17, 15) is 0 Å². The largest absolute Gasteiger partial charge is 0.375 e. The van der Waals surface area contributed by atoms with Gasteiger partial charge in [0.05, 0.1) is 12.1 Å². The van der Waals surface area contributed by atoms with Crippen molar-refractivity contribution < 1.29 is 10.1 Å². The van der Waals surface area contributed by atoms with Gasteiger partial charge >= 0.3 is 0 Å². The maximum absolute atomic E-state index is 6.11. The molecule has 1 aliphatic heterocycles. The second-order valence-electron chi connectivity index (χ2n) is 8.07. The Balaban J connectivity index is 1.95. The first-order valence-corrected chi connectivity index (χ1v) is 9.43. The lowest BCUT2D eigenvalue weighted by atomic mass is 9.64. The first kappa shape index (κ1) is 18.5. The van der Waals surface area contributed by atoms with Crippen molar-refractivity contribution in [3.05, 3.63) is 35.9 Å². The molecule has 23 heavy (non-hydrogen) atoms. The summed E-state index contributed by atoms with van der Waals surface area (Å²) in [6.45, 7) is 13.8. The first-order chi connectivity index (χ1) is 10.9. The van der Waals surface area contributed by atoms with Crippen LogP contribution in [0.1, 0.15) is 71.9 Å². The summed E-state index contributed by atoms with van der Waals surface area (Å²) in [4.78, 5) is 0. The summed E-state index contributed by atoms with van der Waals surface area (Å²) in [7, 11) is 0. The van der Waals surface area contributed by atoms with Gasteiger partial charge < -0.3 is 10.1 Å². The molecular formula is C21H36NO+. The fourth-order valence-corrected chi connectivity index (χ4v) is 4.12. The average Bonchev–Trinajstić information content (AvgIpc) is 2.55. The van der Waals surface area contributed by atoms with Crippen molar-refractivity contribution in [2.75, 3.05) is 13.2 Å². The summed E-state index contributed by atoms with van der Waals surface area (Å²) in [5.41, 5.74) is 1.94. The monoisotopic (exact) mass is 318 g/mol. The molecule has 0 aromatic heterocycles. The van der Waals surface area contributed by atoms with Crippen molar-refractivity contribution in [1.29, 1.82) is 0 Å². The summed E-state index contributed by atoms with van der Waals surface area (Å²) in [6, 6.07) is 11.4. The van der Waals surface area contributed by atoms with Gasteiger partial charge in [-0.25, -0.2) is 0 Å². The highest BCUT2D eigenvalue weighted by Gasteiger charge is 2.44. The van der Waals surface area contributed by atoms with Gasteiger partial charge in [0.2, 0.25) is 0 Å². The molecule has 2 nitrogen and oxygen atoms in total. The van der Waals surface area contributed by atoms with Crippen LogP contribution in [0.25, 0.3) is 0 Å². The van der Waals surface area contributed by atoms with E-state index in [0.29, 0.717) is 11.5 Å². The van der Waals surface area contributed by atoms with Crippen LogP contribution in [0.3, 0.4) is 0 Å². The van der Waals surface area contributed by atoms with E-state index in [1.165, 1.54) is 31.4 Å². The number of rotatable bonds is 7. The highest BCUT2D eigenvalue weighted by atomic mass is 16.5. The van der Waals surface area contributed by atoms with E-state index >= 15 is 0 Å². The Morgan fingerprint density at radius 1 is 1.17 bits per heavy atom. The number of hydrogen-bond donors (Lipinski definition) is 1. The van der Waals surface area contributed by atoms with E-state index in [0.717, 1.165) is 18.9 Å². The third-order valence-corrected chi connectivity index (χ3v) is 6.24. The molecule has 130 valence electrons. The molecule has 1 aromatic carbocycles. The topological polar surface area (TPSA) is 25.8 Å². The Morgan fingerprint density at radius 2 is 1.87 bits per heavy atom. The smallest absolute Gasteiger partial charge is 0.109 e. The van der Waals surface area contributed by atoms with E-state index < -0.39 is 0 Å². The molecule has 1 fully saturated rings. The predicted molar refractivity (Wildman–Crippen MR) is 97.4 cm³/mol. The third kappa shape index (κ3) is 4.58. The van der Waals surface area contributed by atoms with E-state index in [4.69, 9.17) is 4.74 Å². The standard InChI is InChI=1S/C21H35NO/c1-6-20(5)16-21(17(2)3,13-15-23-20)12-14-22-18(4)19-10-8-7-9-11-19/h7-11,17-18,22H,6,12-16H2,1-5H3/p+1/t18-,20+,21+/m1/s1. The normalized spacial score (nSPS) is 29.7. The maximum Gasteiger partial charge on any atom is 0.109 e. The van der Waals surface area contributed by atoms with Crippen LogP contribution in [-0.4, -0.2) is 18.8 Å². The van der Waals surface area contributed by atoms with Crippen molar-refractivity contribution in [1.82, 2.24) is 0 Å². The Kier molecular flexibility index (Phi) is 6.27. The van der Waals surface area contributed by atoms with Crippen LogP contribution in [0.5, 0.6) is 0 Å². The first-order valence-electron chi connectivity index (χ1n) is 9.43. The van der Waals surface area contributed by atoms with Crippen LogP contribution >= 0.6 is 0 Å². The molecule has 2 heteroatoms. The summed E-state index contributed by atoms with van der Waals surface area (Å²) < 4.78 is 6.11. The molecule has 2 rings (SSSR count). The molecule has 0 unspecified atom stereocenters. The zero-order chi connectivity index (χ0) is 16.9. The van der Waals surface area contributed by atoms with Gasteiger partial charge in [0.25, 0.3) is 0 Å². The van der Waals surface area contributed by atoms with Gasteiger partial charge in [0.15, 0.2) is 0 Å². The van der Waals surface area contributed by atoms with Crippen LogP contribution in [0.4, 0.5) is 0 Å². The Morgan fingerprint density at radius 3 is 2.48 bits per heavy atom. The van der Waals surface area contributed by atoms with Crippen LogP contribution in [-0.2, 0) is 4.74 Å². The highest BCUT2D eigenvalue weighted by Crippen LogP contribution is 2.47. The fourth-order valence-electron chi connectivity index (χ4n) is 4.12. The Labute approximate surface area is 143 Å². The quantitative estimate of drug-likeness (QED) is 0.796. The number of nitrogens with two attached hydrogens (primary N) is 1. The van der Waals surface area contributed by atoms with Gasteiger partial charge in [-0.1, -0.05) is 51.1 Å². The van der Waals surface area contributed by atoms with E-state index in [-0.39, 0.29) is 5.60 Å². The molecule has 0 spiro atoms. The molecule has 1 saturated heterocycles. The zero-order valence-electron chi connectivity index (χ0n) is 15.8. The molecule has 0 saturated carbocycles. The summed E-state index contributed by atoms with van der Waals surface area (Å²) in [5.74, 6) is 0.720. The Bertz CT molecular complexity index is 472. The van der Waals surface area contributed by atoms with Crippen LogP contribution in [0.2, 0.25) is 0 Å². The van der Waals surface area contributed by atoms with Crippen LogP contribution in [0, 0.1) is 11.3 Å². The third-order valence-electron chi connectivity index (χ3n) is 6.24. The van der Waals surface area contributed by atoms with E-state index in [1.807, 2.05) is 0 Å². The van der Waals surface area contributed by atoms with Crippen molar-refractivity contribution in [2.24, 2.45) is 11.3 Å². The van der Waals surface area contributed by atoms with Gasteiger partial charge in [-0.05, 0) is 44.4 Å². The maximum atomic E-state index is 6.11. The highest BCUT2D eigenvalue weighted by molar-refractivity contribution is 5.16. The molecule has 1 heterocycles. The van der Waals surface area contributed by atoms with E-state index in [2.05, 4.69) is 70.3 Å². The molecule has 2 N–H and O–H groups in total. The molecule has 1 aliphatic rings. The van der Waals surface area contributed by atoms with E-state index in [1.54, 1.807) is 0 Å². The molecule has 3 atom stereocenters. The lowest BCUT2D eigenvalue weighted by molar-refractivity contribution is -0.694. The van der Waals surface area contributed by atoms with Gasteiger partial charge in [-0.15, -0.1) is 0 Å². The summed E-state index contributed by atoms with van der Waals surface area (Å²) in [6.07, 6.45) is 4.84. The number of benzene rings is 1. The second-order valence-corrected chi connectivity index (χ2v) is 8.07. The molecule has 0 aliphatic carbocycles. The van der Waals surface area contributed by atoms with Gasteiger partial charge in [-0.2, -0.15) is 0 Å². The minimum absolute atomic E-state index is 0.0770. The summed E-state index contributed by atoms with van der Waals surface area (Å²) in [5, 5.41) is 2.51. The lowest BCUT2D eigenvalue weighted by Crippen LogP contribution is -2.85. The van der Waals surface area contributed by atoms with Crippen molar-refractivity contribution in [2.45, 2.75) is 71.9 Å². The predicted octanol–water partition coefficient (Wildman–Crippen LogP) is 4.32. The van der Waals surface area contributed by atoms with Crippen LogP contribution in [0.15, 0.2) is 30.3 Å². The molecule has 1 aromatic rings. The minimum atomic E-state index is 0.0770. The number of hydrogen-bond acceptors (Lipinski definition) is 1. The van der Waals surface area contributed by atoms with Crippen molar-refractivity contribution >= 4 is 0 Å². The van der Waals surface area contributed by atoms with Crippen LogP contribution < -0.4 is 5.32 Å². The molecular weight excluding hydrogens is 282 g/mol. The van der Waals surface area contributed by atoms with Gasteiger partial charge in [0.1, 0.15) is 6.04 Å². The fraction of sp³-hybridized carbons (Fsp3) is 0.714. The average molecular weight is 319 g/mol. The SMILES string of the molecule is CC[C@@]1(C)C[C@@](CC[NH2+][C@H](C)c2ccccc2)(C(C)C)CCO1. The van der Waals surface area contributed by atoms with Crippen molar-refractivity contribution in [3.8, 4) is 0 Å². The lowest BCUT2D eigenvalue weighted by Gasteiger charge is -2.48. The second kappa shape index (κ2) is 7.81. The number of ether oxygens (including phenoxy) is 1. The van der Waals surface area contributed by atoms with Gasteiger partial charge in [-0.3, -0.25) is 0 Å². The Hall–Kier alpha value is -0.860. The molecule has 0 bridgehead atoms. The zero-order valence-corrected chi connectivity index (χ0v) is 15.8. The van der Waals surface area contributed by atoms with Crippen molar-refractivity contribution in [3.63, 3.8) is 0 Å². The van der Waals surface area contributed by atoms with Gasteiger partial charge in [0, 0.05) is 18.6 Å². The molecule has 0 radical (unpaired) electrons. The molecule has 0 amide bonds. The number of quaternary nitrogens is 1.